The Bertz CT molecular complexity index is 3180. The highest BCUT2D eigenvalue weighted by Crippen LogP contribution is 2.45. The van der Waals surface area contributed by atoms with E-state index in [1.807, 2.05) is 29.5 Å². The first-order valence-corrected chi connectivity index (χ1v) is 19.0. The number of nitrogens with zero attached hydrogens (tertiary/aromatic N) is 3. The molecule has 52 heavy (non-hydrogen) atoms. The summed E-state index contributed by atoms with van der Waals surface area (Å²) in [5.41, 5.74) is 9.51. The SMILES string of the molecule is c1ccc(-c2nc(-c3ccc(-c4cccc(-c5nc6ccc7ccccc7c6c6sc7ccccc7c56)c4)cc3)c3sc4ccccc4c3n2)cc1. The fraction of sp³-hybridized carbons (Fsp3) is 0. The average molecular weight is 698 g/mol. The van der Waals surface area contributed by atoms with Crippen LogP contribution in [-0.4, -0.2) is 15.0 Å². The summed E-state index contributed by atoms with van der Waals surface area (Å²) in [5.74, 6) is 0.742. The van der Waals surface area contributed by atoms with E-state index < -0.39 is 0 Å². The van der Waals surface area contributed by atoms with E-state index in [0.717, 1.165) is 60.8 Å². The van der Waals surface area contributed by atoms with Gasteiger partial charge >= 0.3 is 0 Å². The summed E-state index contributed by atoms with van der Waals surface area (Å²) in [6.07, 6.45) is 0. The molecule has 11 rings (SSSR count). The quantitative estimate of drug-likeness (QED) is 0.172. The Morgan fingerprint density at radius 2 is 1.02 bits per heavy atom. The third kappa shape index (κ3) is 4.60. The van der Waals surface area contributed by atoms with Crippen LogP contribution in [0.15, 0.2) is 164 Å². The Labute approximate surface area is 307 Å². The highest BCUT2D eigenvalue weighted by molar-refractivity contribution is 7.27. The normalized spacial score (nSPS) is 11.8. The molecule has 0 bridgehead atoms. The van der Waals surface area contributed by atoms with Crippen molar-refractivity contribution >= 4 is 84.8 Å². The third-order valence-corrected chi connectivity index (χ3v) is 12.4. The molecule has 5 heteroatoms. The average Bonchev–Trinajstić information content (AvgIpc) is 3.80. The lowest BCUT2D eigenvalue weighted by Gasteiger charge is -2.12. The molecule has 0 aliphatic rings. The van der Waals surface area contributed by atoms with Gasteiger partial charge in [-0.1, -0.05) is 140 Å². The van der Waals surface area contributed by atoms with E-state index in [1.54, 1.807) is 11.3 Å². The molecule has 0 aliphatic carbocycles. The van der Waals surface area contributed by atoms with Crippen molar-refractivity contribution < 1.29 is 0 Å². The number of aromatic nitrogens is 3. The Morgan fingerprint density at radius 3 is 1.87 bits per heavy atom. The van der Waals surface area contributed by atoms with Crippen molar-refractivity contribution in [3.63, 3.8) is 0 Å². The lowest BCUT2D eigenvalue weighted by Crippen LogP contribution is -1.93. The minimum atomic E-state index is 0.742. The predicted molar refractivity (Wildman–Crippen MR) is 222 cm³/mol. The van der Waals surface area contributed by atoms with E-state index in [-0.39, 0.29) is 0 Å². The molecule has 0 radical (unpaired) electrons. The van der Waals surface area contributed by atoms with Crippen LogP contribution in [0.3, 0.4) is 0 Å². The van der Waals surface area contributed by atoms with Crippen LogP contribution in [0.5, 0.6) is 0 Å². The van der Waals surface area contributed by atoms with Gasteiger partial charge in [-0.25, -0.2) is 15.0 Å². The first kappa shape index (κ1) is 29.5. The van der Waals surface area contributed by atoms with Crippen LogP contribution in [0, 0.1) is 0 Å². The second-order valence-corrected chi connectivity index (χ2v) is 15.2. The lowest BCUT2D eigenvalue weighted by atomic mass is 9.96. The molecule has 0 spiro atoms. The fourth-order valence-corrected chi connectivity index (χ4v) is 10.0. The largest absolute Gasteiger partial charge is 0.247 e. The molecule has 3 nitrogen and oxygen atoms in total. The molecule has 4 heterocycles. The van der Waals surface area contributed by atoms with E-state index in [4.69, 9.17) is 15.0 Å². The number of hydrogen-bond acceptors (Lipinski definition) is 5. The minimum Gasteiger partial charge on any atom is -0.247 e. The predicted octanol–water partition coefficient (Wildman–Crippen LogP) is 13.6. The van der Waals surface area contributed by atoms with Crippen LogP contribution in [0.2, 0.25) is 0 Å². The molecular formula is C47H27N3S2. The van der Waals surface area contributed by atoms with Crippen molar-refractivity contribution in [2.24, 2.45) is 0 Å². The monoisotopic (exact) mass is 697 g/mol. The van der Waals surface area contributed by atoms with E-state index in [0.29, 0.717) is 0 Å². The summed E-state index contributed by atoms with van der Waals surface area (Å²) in [6.45, 7) is 0. The fourth-order valence-electron chi connectivity index (χ4n) is 7.60. The molecule has 0 atom stereocenters. The second-order valence-electron chi connectivity index (χ2n) is 13.1. The summed E-state index contributed by atoms with van der Waals surface area (Å²) >= 11 is 3.63. The Balaban J connectivity index is 1.06. The zero-order chi connectivity index (χ0) is 34.2. The van der Waals surface area contributed by atoms with Crippen LogP contribution >= 0.6 is 22.7 Å². The molecule has 242 valence electrons. The third-order valence-electron chi connectivity index (χ3n) is 10.1. The van der Waals surface area contributed by atoms with Gasteiger partial charge in [0, 0.05) is 52.3 Å². The molecule has 11 aromatic rings. The number of thiophene rings is 2. The van der Waals surface area contributed by atoms with Gasteiger partial charge in [-0.15, -0.1) is 22.7 Å². The molecule has 0 unspecified atom stereocenters. The van der Waals surface area contributed by atoms with Gasteiger partial charge in [-0.05, 0) is 46.2 Å². The minimum absolute atomic E-state index is 0.742. The van der Waals surface area contributed by atoms with Crippen molar-refractivity contribution in [1.82, 2.24) is 15.0 Å². The molecule has 0 saturated carbocycles. The van der Waals surface area contributed by atoms with Crippen molar-refractivity contribution in [2.45, 2.75) is 0 Å². The van der Waals surface area contributed by atoms with Gasteiger partial charge in [0.25, 0.3) is 0 Å². The summed E-state index contributed by atoms with van der Waals surface area (Å²) in [7, 11) is 0. The van der Waals surface area contributed by atoms with Gasteiger partial charge in [-0.3, -0.25) is 0 Å². The number of pyridine rings is 1. The van der Waals surface area contributed by atoms with Crippen LogP contribution in [-0.2, 0) is 0 Å². The maximum absolute atomic E-state index is 5.41. The Hall–Kier alpha value is -6.27. The van der Waals surface area contributed by atoms with Crippen molar-refractivity contribution in [2.75, 3.05) is 0 Å². The van der Waals surface area contributed by atoms with Gasteiger partial charge in [0.15, 0.2) is 5.82 Å². The van der Waals surface area contributed by atoms with Gasteiger partial charge in [0.1, 0.15) is 0 Å². The van der Waals surface area contributed by atoms with Gasteiger partial charge in [0.05, 0.1) is 27.1 Å². The van der Waals surface area contributed by atoms with Crippen LogP contribution in [0.4, 0.5) is 0 Å². The van der Waals surface area contributed by atoms with Gasteiger partial charge < -0.3 is 0 Å². The number of benzene rings is 7. The zero-order valence-electron chi connectivity index (χ0n) is 27.7. The molecular weight excluding hydrogens is 671 g/mol. The summed E-state index contributed by atoms with van der Waals surface area (Å²) in [4.78, 5) is 15.7. The van der Waals surface area contributed by atoms with Gasteiger partial charge in [-0.2, -0.15) is 0 Å². The summed E-state index contributed by atoms with van der Waals surface area (Å²) in [6, 6.07) is 58.2. The number of hydrogen-bond donors (Lipinski definition) is 0. The van der Waals surface area contributed by atoms with Crippen molar-refractivity contribution in [3.8, 4) is 45.0 Å². The van der Waals surface area contributed by atoms with E-state index in [2.05, 4.69) is 146 Å². The smallest absolute Gasteiger partial charge is 0.160 e. The molecule has 0 amide bonds. The van der Waals surface area contributed by atoms with Gasteiger partial charge in [0.2, 0.25) is 0 Å². The number of fused-ring (bicyclic) bond motifs is 10. The molecule has 0 N–H and O–H groups in total. The maximum Gasteiger partial charge on any atom is 0.160 e. The lowest BCUT2D eigenvalue weighted by molar-refractivity contribution is 1.24. The maximum atomic E-state index is 5.41. The molecule has 0 saturated heterocycles. The molecule has 7 aromatic carbocycles. The topological polar surface area (TPSA) is 38.7 Å². The van der Waals surface area contributed by atoms with Crippen molar-refractivity contribution in [3.05, 3.63) is 164 Å². The number of rotatable bonds is 4. The standard InChI is InChI=1S/C47H27N3S2/c1-2-12-31(13-3-1)47-49-43(46-44(50-47)36-18-7-9-20-39(36)52-46)30-23-21-28(22-24-30)32-14-10-15-33(27-32)42-41-35-17-6-8-19-38(35)51-45(41)40-34-16-5-4-11-29(34)25-26-37(40)48-42/h1-27H. The molecule has 0 fully saturated rings. The summed E-state index contributed by atoms with van der Waals surface area (Å²) < 4.78 is 4.90. The van der Waals surface area contributed by atoms with E-state index >= 15 is 0 Å². The first-order valence-electron chi connectivity index (χ1n) is 17.4. The van der Waals surface area contributed by atoms with Crippen LogP contribution in [0.1, 0.15) is 0 Å². The Morgan fingerprint density at radius 1 is 0.365 bits per heavy atom. The Kier molecular flexibility index (Phi) is 6.59. The highest BCUT2D eigenvalue weighted by atomic mass is 32.1. The first-order chi connectivity index (χ1) is 25.8. The van der Waals surface area contributed by atoms with Crippen LogP contribution < -0.4 is 0 Å². The molecule has 4 aromatic heterocycles. The summed E-state index contributed by atoms with van der Waals surface area (Å²) in [5, 5.41) is 7.36. The van der Waals surface area contributed by atoms with E-state index in [1.165, 1.54) is 46.4 Å². The second kappa shape index (κ2) is 11.6. The van der Waals surface area contributed by atoms with Crippen LogP contribution in [0.25, 0.3) is 107 Å². The van der Waals surface area contributed by atoms with Crippen molar-refractivity contribution in [1.29, 1.82) is 0 Å². The zero-order valence-corrected chi connectivity index (χ0v) is 29.4. The highest BCUT2D eigenvalue weighted by Gasteiger charge is 2.19. The molecule has 0 aliphatic heterocycles. The van der Waals surface area contributed by atoms with E-state index in [9.17, 15) is 0 Å².